The summed E-state index contributed by atoms with van der Waals surface area (Å²) < 4.78 is 20.2. The summed E-state index contributed by atoms with van der Waals surface area (Å²) >= 11 is 6.34. The van der Waals surface area contributed by atoms with E-state index in [4.69, 9.17) is 22.1 Å². The van der Waals surface area contributed by atoms with Gasteiger partial charge in [0.2, 0.25) is 5.91 Å². The van der Waals surface area contributed by atoms with Crippen LogP contribution >= 0.6 is 11.6 Å². The van der Waals surface area contributed by atoms with Crippen molar-refractivity contribution < 1.29 is 13.9 Å². The molecule has 1 amide bonds. The first-order valence-electron chi connectivity index (χ1n) is 9.78. The van der Waals surface area contributed by atoms with Crippen molar-refractivity contribution in [3.05, 3.63) is 34.6 Å². The summed E-state index contributed by atoms with van der Waals surface area (Å²) in [6.45, 7) is 4.76. The molecular formula is C20H29ClFN3O2. The molecule has 0 spiro atoms. The molecule has 1 aromatic rings. The van der Waals surface area contributed by atoms with Crippen LogP contribution in [0.1, 0.15) is 37.8 Å². The van der Waals surface area contributed by atoms with Gasteiger partial charge in [0.15, 0.2) is 0 Å². The predicted molar refractivity (Wildman–Crippen MR) is 104 cm³/mol. The zero-order chi connectivity index (χ0) is 19.4. The standard InChI is InChI=1S/C20H29ClFN3O2/c1-13-12-25(8-9-27-13)18(19-16(21)6-3-7-17(19)22)11-24-20(26)15-5-2-4-14(15)10-23/h3,6-7,13-15,18H,2,4-5,8-12,23H2,1H3,(H,24,26)/t13?,14-,15-,18?/m1/s1. The third-order valence-electron chi connectivity index (χ3n) is 5.81. The van der Waals surface area contributed by atoms with E-state index in [0.29, 0.717) is 43.4 Å². The van der Waals surface area contributed by atoms with Gasteiger partial charge in [-0.05, 0) is 44.4 Å². The summed E-state index contributed by atoms with van der Waals surface area (Å²) in [5.74, 6) is -0.137. The van der Waals surface area contributed by atoms with Crippen LogP contribution in [0.15, 0.2) is 18.2 Å². The first-order chi connectivity index (χ1) is 13.0. The molecule has 0 radical (unpaired) electrons. The highest BCUT2D eigenvalue weighted by Crippen LogP contribution is 2.33. The molecule has 3 N–H and O–H groups in total. The van der Waals surface area contributed by atoms with Crippen molar-refractivity contribution in [2.75, 3.05) is 32.8 Å². The molecule has 7 heteroatoms. The number of hydrogen-bond donors (Lipinski definition) is 2. The lowest BCUT2D eigenvalue weighted by Gasteiger charge is -2.38. The number of benzene rings is 1. The molecule has 1 saturated heterocycles. The van der Waals surface area contributed by atoms with Crippen molar-refractivity contribution in [2.45, 2.75) is 38.3 Å². The molecule has 5 nitrogen and oxygen atoms in total. The topological polar surface area (TPSA) is 67.6 Å². The molecule has 1 saturated carbocycles. The van der Waals surface area contributed by atoms with E-state index in [0.717, 1.165) is 19.3 Å². The number of amides is 1. The van der Waals surface area contributed by atoms with E-state index in [1.54, 1.807) is 12.1 Å². The Hall–Kier alpha value is -1.21. The van der Waals surface area contributed by atoms with Crippen LogP contribution in [0.4, 0.5) is 4.39 Å². The quantitative estimate of drug-likeness (QED) is 0.774. The fourth-order valence-corrected chi connectivity index (χ4v) is 4.65. The Kier molecular flexibility index (Phi) is 7.09. The van der Waals surface area contributed by atoms with Crippen LogP contribution in [-0.2, 0) is 9.53 Å². The van der Waals surface area contributed by atoms with Gasteiger partial charge in [0.25, 0.3) is 0 Å². The third-order valence-corrected chi connectivity index (χ3v) is 6.14. The van der Waals surface area contributed by atoms with Gasteiger partial charge in [0.05, 0.1) is 18.8 Å². The van der Waals surface area contributed by atoms with Crippen LogP contribution in [0.3, 0.4) is 0 Å². The second-order valence-electron chi connectivity index (χ2n) is 7.61. The molecule has 2 aliphatic rings. The third kappa shape index (κ3) is 4.80. The number of nitrogens with two attached hydrogens (primary N) is 1. The van der Waals surface area contributed by atoms with Crippen LogP contribution in [0.5, 0.6) is 0 Å². The van der Waals surface area contributed by atoms with E-state index in [1.807, 2.05) is 6.92 Å². The first-order valence-corrected chi connectivity index (χ1v) is 10.2. The van der Waals surface area contributed by atoms with E-state index in [2.05, 4.69) is 10.2 Å². The van der Waals surface area contributed by atoms with Crippen molar-refractivity contribution in [3.63, 3.8) is 0 Å². The number of carbonyl (C=O) groups is 1. The fraction of sp³-hybridized carbons (Fsp3) is 0.650. The molecule has 1 aromatic carbocycles. The van der Waals surface area contributed by atoms with Gasteiger partial charge in [0, 0.05) is 36.1 Å². The van der Waals surface area contributed by atoms with Gasteiger partial charge in [-0.2, -0.15) is 0 Å². The van der Waals surface area contributed by atoms with Crippen molar-refractivity contribution in [3.8, 4) is 0 Å². The summed E-state index contributed by atoms with van der Waals surface area (Å²) in [6, 6.07) is 4.39. The molecular weight excluding hydrogens is 369 g/mol. The smallest absolute Gasteiger partial charge is 0.223 e. The van der Waals surface area contributed by atoms with Gasteiger partial charge < -0.3 is 15.8 Å². The van der Waals surface area contributed by atoms with Crippen LogP contribution in [0.2, 0.25) is 5.02 Å². The summed E-state index contributed by atoms with van der Waals surface area (Å²) in [5, 5.41) is 3.44. The number of nitrogens with zero attached hydrogens (tertiary/aromatic N) is 1. The Balaban J connectivity index is 1.77. The molecule has 150 valence electrons. The summed E-state index contributed by atoms with van der Waals surface area (Å²) in [7, 11) is 0. The normalized spacial score (nSPS) is 27.5. The van der Waals surface area contributed by atoms with Crippen LogP contribution in [-0.4, -0.2) is 49.7 Å². The van der Waals surface area contributed by atoms with E-state index >= 15 is 0 Å². The van der Waals surface area contributed by atoms with Crippen molar-refractivity contribution in [1.29, 1.82) is 0 Å². The van der Waals surface area contributed by atoms with Gasteiger partial charge >= 0.3 is 0 Å². The first kappa shape index (κ1) is 20.5. The lowest BCUT2D eigenvalue weighted by atomic mass is 9.95. The maximum absolute atomic E-state index is 14.6. The molecule has 27 heavy (non-hydrogen) atoms. The van der Waals surface area contributed by atoms with E-state index < -0.39 is 0 Å². The zero-order valence-corrected chi connectivity index (χ0v) is 16.6. The Morgan fingerprint density at radius 2 is 2.30 bits per heavy atom. The minimum Gasteiger partial charge on any atom is -0.376 e. The van der Waals surface area contributed by atoms with Gasteiger partial charge in [-0.3, -0.25) is 9.69 Å². The Morgan fingerprint density at radius 1 is 1.48 bits per heavy atom. The number of hydrogen-bond acceptors (Lipinski definition) is 4. The second kappa shape index (κ2) is 9.32. The maximum Gasteiger partial charge on any atom is 0.223 e. The molecule has 3 rings (SSSR count). The van der Waals surface area contributed by atoms with E-state index in [9.17, 15) is 9.18 Å². The second-order valence-corrected chi connectivity index (χ2v) is 8.01. The van der Waals surface area contributed by atoms with Gasteiger partial charge in [-0.15, -0.1) is 0 Å². The molecule has 2 unspecified atom stereocenters. The molecule has 0 aromatic heterocycles. The molecule has 2 fully saturated rings. The minimum absolute atomic E-state index is 0.0155. The lowest BCUT2D eigenvalue weighted by molar-refractivity contribution is -0.126. The zero-order valence-electron chi connectivity index (χ0n) is 15.8. The maximum atomic E-state index is 14.6. The lowest BCUT2D eigenvalue weighted by Crippen LogP contribution is -2.47. The average molecular weight is 398 g/mol. The number of rotatable bonds is 6. The molecule has 1 aliphatic heterocycles. The Labute approximate surface area is 165 Å². The summed E-state index contributed by atoms with van der Waals surface area (Å²) in [5.41, 5.74) is 6.25. The highest BCUT2D eigenvalue weighted by molar-refractivity contribution is 6.31. The predicted octanol–water partition coefficient (Wildman–Crippen LogP) is 2.73. The summed E-state index contributed by atoms with van der Waals surface area (Å²) in [4.78, 5) is 14.9. The highest BCUT2D eigenvalue weighted by Gasteiger charge is 2.34. The van der Waals surface area contributed by atoms with E-state index in [1.165, 1.54) is 6.07 Å². The fourth-order valence-electron chi connectivity index (χ4n) is 4.36. The number of halogens is 2. The monoisotopic (exact) mass is 397 g/mol. The van der Waals surface area contributed by atoms with Gasteiger partial charge in [-0.1, -0.05) is 24.1 Å². The molecule has 4 atom stereocenters. The van der Waals surface area contributed by atoms with Crippen LogP contribution in [0, 0.1) is 17.7 Å². The average Bonchev–Trinajstić information content (AvgIpc) is 3.12. The number of ether oxygens (including phenoxy) is 1. The van der Waals surface area contributed by atoms with Gasteiger partial charge in [0.1, 0.15) is 5.82 Å². The van der Waals surface area contributed by atoms with Crippen LogP contribution in [0.25, 0.3) is 0 Å². The largest absolute Gasteiger partial charge is 0.376 e. The van der Waals surface area contributed by atoms with E-state index in [-0.39, 0.29) is 35.7 Å². The Morgan fingerprint density at radius 3 is 3.00 bits per heavy atom. The van der Waals surface area contributed by atoms with Crippen LogP contribution < -0.4 is 11.1 Å². The minimum atomic E-state index is -0.346. The van der Waals surface area contributed by atoms with Gasteiger partial charge in [-0.25, -0.2) is 4.39 Å². The summed E-state index contributed by atoms with van der Waals surface area (Å²) in [6.07, 6.45) is 2.95. The molecule has 1 heterocycles. The molecule has 1 aliphatic carbocycles. The Bertz CT molecular complexity index is 640. The highest BCUT2D eigenvalue weighted by atomic mass is 35.5. The number of carbonyl (C=O) groups excluding carboxylic acids is 1. The van der Waals surface area contributed by atoms with Crippen molar-refractivity contribution in [2.24, 2.45) is 17.6 Å². The van der Waals surface area contributed by atoms with Crippen molar-refractivity contribution >= 4 is 17.5 Å². The SMILES string of the molecule is CC1CN(C(CNC(=O)[C@@H]2CCC[C@@H]2CN)c2c(F)cccc2Cl)CCO1. The number of nitrogens with one attached hydrogen (secondary N) is 1. The molecule has 0 bridgehead atoms. The van der Waals surface area contributed by atoms with Crippen molar-refractivity contribution in [1.82, 2.24) is 10.2 Å². The number of morpholine rings is 1.